The second-order valence-electron chi connectivity index (χ2n) is 4.37. The number of nitrogens with one attached hydrogen (secondary N) is 1. The van der Waals surface area contributed by atoms with Crippen LogP contribution in [0, 0.1) is 13.8 Å². The summed E-state index contributed by atoms with van der Waals surface area (Å²) in [7, 11) is 0. The summed E-state index contributed by atoms with van der Waals surface area (Å²) in [6, 6.07) is 0.0880. The topological polar surface area (TPSA) is 68.0 Å². The second kappa shape index (κ2) is 6.71. The maximum absolute atomic E-state index is 11.4. The highest BCUT2D eigenvalue weighted by Gasteiger charge is 2.05. The summed E-state index contributed by atoms with van der Waals surface area (Å²) in [6.07, 6.45) is 2.05. The number of aromatic nitrogens is 1. The van der Waals surface area contributed by atoms with E-state index in [1.807, 2.05) is 13.8 Å². The van der Waals surface area contributed by atoms with Gasteiger partial charge in [-0.05, 0) is 27.2 Å². The minimum absolute atomic E-state index is 0.0762. The van der Waals surface area contributed by atoms with Gasteiger partial charge in [-0.1, -0.05) is 0 Å². The van der Waals surface area contributed by atoms with Crippen molar-refractivity contribution in [1.82, 2.24) is 10.3 Å². The van der Waals surface area contributed by atoms with Crippen LogP contribution in [-0.4, -0.2) is 23.5 Å². The Labute approximate surface area is 107 Å². The first-order chi connectivity index (χ1) is 7.99. The Bertz CT molecular complexity index is 354. The van der Waals surface area contributed by atoms with Gasteiger partial charge >= 0.3 is 0 Å². The van der Waals surface area contributed by atoms with Crippen molar-refractivity contribution in [1.29, 1.82) is 0 Å². The van der Waals surface area contributed by atoms with E-state index in [1.165, 1.54) is 4.88 Å². The quantitative estimate of drug-likeness (QED) is 0.810. The fourth-order valence-electron chi connectivity index (χ4n) is 1.40. The van der Waals surface area contributed by atoms with Crippen molar-refractivity contribution in [3.05, 3.63) is 15.6 Å². The van der Waals surface area contributed by atoms with Gasteiger partial charge in [-0.15, -0.1) is 11.3 Å². The van der Waals surface area contributed by atoms with Crippen LogP contribution in [0.4, 0.5) is 0 Å². The summed E-state index contributed by atoms with van der Waals surface area (Å²) in [5.41, 5.74) is 6.68. The molecule has 1 atom stereocenters. The molecule has 0 saturated heterocycles. The zero-order valence-corrected chi connectivity index (χ0v) is 11.6. The molecule has 0 spiro atoms. The lowest BCUT2D eigenvalue weighted by molar-refractivity contribution is -0.121. The van der Waals surface area contributed by atoms with Gasteiger partial charge < -0.3 is 11.1 Å². The SMILES string of the molecule is Cc1nc(CCNC(=O)CCC(C)N)sc1C. The van der Waals surface area contributed by atoms with Gasteiger partial charge in [-0.2, -0.15) is 0 Å². The minimum Gasteiger partial charge on any atom is -0.356 e. The van der Waals surface area contributed by atoms with Crippen LogP contribution in [0.15, 0.2) is 0 Å². The smallest absolute Gasteiger partial charge is 0.220 e. The van der Waals surface area contributed by atoms with Crippen molar-refractivity contribution in [3.63, 3.8) is 0 Å². The molecule has 0 aliphatic heterocycles. The van der Waals surface area contributed by atoms with Gasteiger partial charge in [0.05, 0.1) is 10.7 Å². The van der Waals surface area contributed by atoms with Crippen LogP contribution in [0.25, 0.3) is 0 Å². The monoisotopic (exact) mass is 255 g/mol. The van der Waals surface area contributed by atoms with E-state index in [9.17, 15) is 4.79 Å². The van der Waals surface area contributed by atoms with Gasteiger partial charge in [-0.25, -0.2) is 4.98 Å². The maximum Gasteiger partial charge on any atom is 0.220 e. The minimum atomic E-state index is 0.0762. The van der Waals surface area contributed by atoms with Crippen molar-refractivity contribution < 1.29 is 4.79 Å². The number of hydrogen-bond donors (Lipinski definition) is 2. The number of nitrogens with two attached hydrogens (primary N) is 1. The van der Waals surface area contributed by atoms with Crippen LogP contribution in [0.5, 0.6) is 0 Å². The van der Waals surface area contributed by atoms with Gasteiger partial charge in [0, 0.05) is 30.3 Å². The van der Waals surface area contributed by atoms with E-state index in [0.717, 1.165) is 23.5 Å². The van der Waals surface area contributed by atoms with Crippen molar-refractivity contribution in [2.24, 2.45) is 5.73 Å². The molecule has 0 saturated carbocycles. The number of hydrogen-bond acceptors (Lipinski definition) is 4. The normalized spacial score (nSPS) is 12.5. The highest BCUT2D eigenvalue weighted by Crippen LogP contribution is 2.16. The predicted octanol–water partition coefficient (Wildman–Crippen LogP) is 1.55. The zero-order valence-electron chi connectivity index (χ0n) is 10.7. The summed E-state index contributed by atoms with van der Waals surface area (Å²) in [5, 5.41) is 3.98. The lowest BCUT2D eigenvalue weighted by atomic mass is 10.2. The van der Waals surface area contributed by atoms with Crippen LogP contribution in [-0.2, 0) is 11.2 Å². The number of carbonyl (C=O) groups is 1. The largest absolute Gasteiger partial charge is 0.356 e. The molecule has 96 valence electrons. The number of rotatable bonds is 6. The molecule has 0 aromatic carbocycles. The van der Waals surface area contributed by atoms with Crippen LogP contribution in [0.3, 0.4) is 0 Å². The number of aryl methyl sites for hydroxylation is 2. The maximum atomic E-state index is 11.4. The summed E-state index contributed by atoms with van der Waals surface area (Å²) in [5.74, 6) is 0.0762. The van der Waals surface area contributed by atoms with Crippen molar-refractivity contribution in [3.8, 4) is 0 Å². The predicted molar refractivity (Wildman–Crippen MR) is 71.2 cm³/mol. The van der Waals surface area contributed by atoms with E-state index in [1.54, 1.807) is 11.3 Å². The molecular weight excluding hydrogens is 234 g/mol. The van der Waals surface area contributed by atoms with E-state index < -0.39 is 0 Å². The molecule has 1 heterocycles. The van der Waals surface area contributed by atoms with Crippen molar-refractivity contribution in [2.75, 3.05) is 6.54 Å². The fourth-order valence-corrected chi connectivity index (χ4v) is 2.34. The van der Waals surface area contributed by atoms with Gasteiger partial charge in [0.1, 0.15) is 0 Å². The van der Waals surface area contributed by atoms with Crippen LogP contribution < -0.4 is 11.1 Å². The number of thiazole rings is 1. The molecule has 1 amide bonds. The fraction of sp³-hybridized carbons (Fsp3) is 0.667. The van der Waals surface area contributed by atoms with E-state index >= 15 is 0 Å². The Kier molecular flexibility index (Phi) is 5.58. The third kappa shape index (κ3) is 5.28. The number of carbonyl (C=O) groups excluding carboxylic acids is 1. The average Bonchev–Trinajstić information content (AvgIpc) is 2.55. The first kappa shape index (κ1) is 14.1. The zero-order chi connectivity index (χ0) is 12.8. The molecule has 4 nitrogen and oxygen atoms in total. The molecule has 1 aromatic rings. The third-order valence-electron chi connectivity index (χ3n) is 2.56. The second-order valence-corrected chi connectivity index (χ2v) is 5.65. The highest BCUT2D eigenvalue weighted by molar-refractivity contribution is 7.11. The van der Waals surface area contributed by atoms with E-state index in [4.69, 9.17) is 5.73 Å². The molecular formula is C12H21N3OS. The third-order valence-corrected chi connectivity index (χ3v) is 3.69. The van der Waals surface area contributed by atoms with Gasteiger partial charge in [0.2, 0.25) is 5.91 Å². The van der Waals surface area contributed by atoms with Gasteiger partial charge in [0.15, 0.2) is 0 Å². The first-order valence-corrected chi connectivity index (χ1v) is 6.76. The highest BCUT2D eigenvalue weighted by atomic mass is 32.1. The van der Waals surface area contributed by atoms with Crippen molar-refractivity contribution in [2.45, 2.75) is 46.1 Å². The summed E-state index contributed by atoms with van der Waals surface area (Å²) in [4.78, 5) is 17.1. The molecule has 1 unspecified atom stereocenters. The Morgan fingerprint density at radius 3 is 2.76 bits per heavy atom. The molecule has 0 aliphatic carbocycles. The summed E-state index contributed by atoms with van der Waals surface area (Å²) >= 11 is 1.70. The average molecular weight is 255 g/mol. The van der Waals surface area contributed by atoms with Crippen molar-refractivity contribution >= 4 is 17.2 Å². The van der Waals surface area contributed by atoms with Crippen LogP contribution in [0.2, 0.25) is 0 Å². The van der Waals surface area contributed by atoms with Crippen LogP contribution in [0.1, 0.15) is 35.3 Å². The molecule has 17 heavy (non-hydrogen) atoms. The molecule has 5 heteroatoms. The van der Waals surface area contributed by atoms with E-state index in [2.05, 4.69) is 17.2 Å². The lowest BCUT2D eigenvalue weighted by Crippen LogP contribution is -2.27. The molecule has 1 rings (SSSR count). The van der Waals surface area contributed by atoms with Crippen LogP contribution >= 0.6 is 11.3 Å². The Morgan fingerprint density at radius 2 is 2.24 bits per heavy atom. The van der Waals surface area contributed by atoms with E-state index in [-0.39, 0.29) is 11.9 Å². The molecule has 1 aromatic heterocycles. The Balaban J connectivity index is 2.21. The standard InChI is InChI=1S/C12H21N3OS/c1-8(13)4-5-11(16)14-7-6-12-15-9(2)10(3)17-12/h8H,4-7,13H2,1-3H3,(H,14,16). The molecule has 0 bridgehead atoms. The Hall–Kier alpha value is -0.940. The van der Waals surface area contributed by atoms with Gasteiger partial charge in [-0.3, -0.25) is 4.79 Å². The van der Waals surface area contributed by atoms with Gasteiger partial charge in [0.25, 0.3) is 0 Å². The summed E-state index contributed by atoms with van der Waals surface area (Å²) in [6.45, 7) is 6.65. The molecule has 0 fully saturated rings. The van der Waals surface area contributed by atoms with E-state index in [0.29, 0.717) is 13.0 Å². The first-order valence-electron chi connectivity index (χ1n) is 5.94. The number of amides is 1. The number of nitrogens with zero attached hydrogens (tertiary/aromatic N) is 1. The Morgan fingerprint density at radius 1 is 1.53 bits per heavy atom. The molecule has 0 aliphatic rings. The summed E-state index contributed by atoms with van der Waals surface area (Å²) < 4.78 is 0. The lowest BCUT2D eigenvalue weighted by Gasteiger charge is -2.05. The molecule has 0 radical (unpaired) electrons. The molecule has 3 N–H and O–H groups in total.